The van der Waals surface area contributed by atoms with Crippen molar-refractivity contribution in [1.82, 2.24) is 5.32 Å². The van der Waals surface area contributed by atoms with E-state index < -0.39 is 7.26 Å². The third-order valence-electron chi connectivity index (χ3n) is 5.85. The van der Waals surface area contributed by atoms with Gasteiger partial charge in [-0.3, -0.25) is 10.1 Å². The van der Waals surface area contributed by atoms with Crippen molar-refractivity contribution < 1.29 is 4.79 Å². The summed E-state index contributed by atoms with van der Waals surface area (Å²) in [4.78, 5) is 13.5. The summed E-state index contributed by atoms with van der Waals surface area (Å²) < 4.78 is 0. The Hall–Kier alpha value is -1.43. The van der Waals surface area contributed by atoms with Crippen molar-refractivity contribution in [2.24, 2.45) is 0 Å². The molecule has 0 aromatic heterocycles. The number of anilines is 1. The third-order valence-corrected chi connectivity index (χ3v) is 11.1. The number of hydrogen-bond acceptors (Lipinski definition) is 3. The molecule has 5 heteroatoms. The maximum Gasteiger partial charge on any atom is 0.280 e. The standard InChI is InChI=1S/C24H40N3OP/c1-7-10-13-29(14-11-8-2,15-12-9-3)24(26-6)23(28)27-22-19(4)16-21(18-25)17-20(22)5/h16-17,24,26H,7-15H2,1-6H3/p+1. The lowest BCUT2D eigenvalue weighted by molar-refractivity contribution is -0.116. The van der Waals surface area contributed by atoms with Crippen LogP contribution in [0.25, 0.3) is 0 Å². The first-order chi connectivity index (χ1) is 13.9. The highest BCUT2D eigenvalue weighted by atomic mass is 31.2. The quantitative estimate of drug-likeness (QED) is 0.382. The van der Waals surface area contributed by atoms with Crippen LogP contribution in [0.15, 0.2) is 12.1 Å². The molecule has 1 aromatic rings. The summed E-state index contributed by atoms with van der Waals surface area (Å²) in [5.41, 5.74) is 3.39. The predicted molar refractivity (Wildman–Crippen MR) is 128 cm³/mol. The van der Waals surface area contributed by atoms with Gasteiger partial charge in [-0.25, -0.2) is 0 Å². The minimum Gasteiger partial charge on any atom is -0.321 e. The monoisotopic (exact) mass is 418 g/mol. The molecule has 1 rings (SSSR count). The van der Waals surface area contributed by atoms with Gasteiger partial charge in [-0.05, 0) is 63.4 Å². The molecular weight excluding hydrogens is 377 g/mol. The zero-order valence-electron chi connectivity index (χ0n) is 19.4. The molecule has 0 heterocycles. The summed E-state index contributed by atoms with van der Waals surface area (Å²) in [6.07, 6.45) is 10.7. The van der Waals surface area contributed by atoms with Gasteiger partial charge in [0.1, 0.15) is 0 Å². The Balaban J connectivity index is 3.24. The maximum atomic E-state index is 13.5. The van der Waals surface area contributed by atoms with E-state index in [4.69, 9.17) is 0 Å². The molecular formula is C24H41N3OP+. The Morgan fingerprint density at radius 3 is 1.79 bits per heavy atom. The smallest absolute Gasteiger partial charge is 0.280 e. The number of hydrogen-bond donors (Lipinski definition) is 2. The van der Waals surface area contributed by atoms with Gasteiger partial charge in [0.25, 0.3) is 5.91 Å². The van der Waals surface area contributed by atoms with Gasteiger partial charge in [-0.2, -0.15) is 5.26 Å². The lowest BCUT2D eigenvalue weighted by Gasteiger charge is -2.34. The summed E-state index contributed by atoms with van der Waals surface area (Å²) in [5.74, 6) is -0.0124. The number of carbonyl (C=O) groups is 1. The number of carbonyl (C=O) groups excluding carboxylic acids is 1. The topological polar surface area (TPSA) is 64.9 Å². The number of rotatable bonds is 13. The Kier molecular flexibility index (Phi) is 11.5. The van der Waals surface area contributed by atoms with Crippen molar-refractivity contribution in [2.75, 3.05) is 30.9 Å². The fourth-order valence-corrected chi connectivity index (χ4v) is 9.61. The number of aryl methyl sites for hydroxylation is 2. The number of benzene rings is 1. The molecule has 29 heavy (non-hydrogen) atoms. The van der Waals surface area contributed by atoms with E-state index in [2.05, 4.69) is 37.5 Å². The van der Waals surface area contributed by atoms with E-state index in [0.717, 1.165) is 16.8 Å². The normalized spacial score (nSPS) is 12.4. The summed E-state index contributed by atoms with van der Waals surface area (Å²) in [6.45, 7) is 10.7. The second-order valence-corrected chi connectivity index (χ2v) is 12.5. The van der Waals surface area contributed by atoms with Gasteiger partial charge < -0.3 is 5.32 Å². The maximum absolute atomic E-state index is 13.5. The highest BCUT2D eigenvalue weighted by Gasteiger charge is 2.47. The van der Waals surface area contributed by atoms with Crippen LogP contribution in [-0.4, -0.2) is 37.2 Å². The van der Waals surface area contributed by atoms with Gasteiger partial charge in [-0.1, -0.05) is 40.0 Å². The van der Waals surface area contributed by atoms with E-state index in [1.165, 1.54) is 57.0 Å². The van der Waals surface area contributed by atoms with Crippen LogP contribution in [0.1, 0.15) is 76.0 Å². The van der Waals surface area contributed by atoms with Crippen molar-refractivity contribution in [1.29, 1.82) is 5.26 Å². The van der Waals surface area contributed by atoms with Crippen LogP contribution in [-0.2, 0) is 4.79 Å². The van der Waals surface area contributed by atoms with Crippen molar-refractivity contribution in [3.8, 4) is 6.07 Å². The van der Waals surface area contributed by atoms with Gasteiger partial charge in [0.2, 0.25) is 0 Å². The van der Waals surface area contributed by atoms with E-state index in [0.29, 0.717) is 5.56 Å². The van der Waals surface area contributed by atoms with Gasteiger partial charge in [0, 0.05) is 12.9 Å². The molecule has 0 aliphatic carbocycles. The number of unbranched alkanes of at least 4 members (excludes halogenated alkanes) is 3. The molecule has 0 spiro atoms. The van der Waals surface area contributed by atoms with E-state index >= 15 is 0 Å². The minimum atomic E-state index is -1.47. The van der Waals surface area contributed by atoms with Gasteiger partial charge in [0.15, 0.2) is 5.78 Å². The second kappa shape index (κ2) is 13.0. The SMILES string of the molecule is CCCC[P+](CCCC)(CCCC)C(NC)C(=O)Nc1c(C)cc(C#N)cc1C. The van der Waals surface area contributed by atoms with Crippen LogP contribution in [0.4, 0.5) is 5.69 Å². The van der Waals surface area contributed by atoms with Crippen LogP contribution in [0.2, 0.25) is 0 Å². The van der Waals surface area contributed by atoms with Crippen molar-refractivity contribution in [2.45, 2.75) is 78.9 Å². The number of amides is 1. The molecule has 1 aromatic carbocycles. The summed E-state index contributed by atoms with van der Waals surface area (Å²) in [6, 6.07) is 5.90. The van der Waals surface area contributed by atoms with E-state index in [1.54, 1.807) is 0 Å². The van der Waals surface area contributed by atoms with Gasteiger partial charge in [0.05, 0.1) is 30.1 Å². The molecule has 1 amide bonds. The fraction of sp³-hybridized carbons (Fsp3) is 0.667. The lowest BCUT2D eigenvalue weighted by Crippen LogP contribution is -2.43. The first kappa shape index (κ1) is 25.6. The molecule has 0 aliphatic rings. The van der Waals surface area contributed by atoms with Crippen LogP contribution >= 0.6 is 7.26 Å². The van der Waals surface area contributed by atoms with Crippen LogP contribution in [0.5, 0.6) is 0 Å². The third kappa shape index (κ3) is 7.09. The Bertz CT molecular complexity index is 651. The number of likely N-dealkylation sites (N-methyl/N-ethyl adjacent to an activating group) is 1. The van der Waals surface area contributed by atoms with Crippen LogP contribution < -0.4 is 10.6 Å². The average Bonchev–Trinajstić information content (AvgIpc) is 2.71. The van der Waals surface area contributed by atoms with E-state index in [9.17, 15) is 10.1 Å². The first-order valence-electron chi connectivity index (χ1n) is 11.2. The van der Waals surface area contributed by atoms with Crippen LogP contribution in [0.3, 0.4) is 0 Å². The molecule has 0 radical (unpaired) electrons. The lowest BCUT2D eigenvalue weighted by atomic mass is 10.0. The van der Waals surface area contributed by atoms with Crippen LogP contribution in [0, 0.1) is 25.2 Å². The highest BCUT2D eigenvalue weighted by molar-refractivity contribution is 7.77. The zero-order chi connectivity index (χ0) is 21.9. The number of nitriles is 1. The zero-order valence-corrected chi connectivity index (χ0v) is 20.3. The van der Waals surface area contributed by atoms with Gasteiger partial charge in [-0.15, -0.1) is 0 Å². The van der Waals surface area contributed by atoms with E-state index in [1.807, 2.05) is 33.0 Å². The van der Waals surface area contributed by atoms with Gasteiger partial charge >= 0.3 is 0 Å². The number of nitrogens with zero attached hydrogens (tertiary/aromatic N) is 1. The molecule has 0 aliphatic heterocycles. The Morgan fingerprint density at radius 2 is 1.45 bits per heavy atom. The van der Waals surface area contributed by atoms with E-state index in [-0.39, 0.29) is 11.7 Å². The second-order valence-electron chi connectivity index (χ2n) is 8.23. The largest absolute Gasteiger partial charge is 0.321 e. The molecule has 162 valence electrons. The molecule has 0 saturated carbocycles. The van der Waals surface area contributed by atoms with Crippen molar-refractivity contribution in [3.63, 3.8) is 0 Å². The highest BCUT2D eigenvalue weighted by Crippen LogP contribution is 2.64. The Labute approximate surface area is 179 Å². The van der Waals surface area contributed by atoms with Crippen molar-refractivity contribution in [3.05, 3.63) is 28.8 Å². The summed E-state index contributed by atoms with van der Waals surface area (Å²) in [7, 11) is 0.476. The average molecular weight is 419 g/mol. The molecule has 2 N–H and O–H groups in total. The fourth-order valence-electron chi connectivity index (χ4n) is 4.21. The molecule has 1 atom stereocenters. The molecule has 1 unspecified atom stereocenters. The predicted octanol–water partition coefficient (Wildman–Crippen LogP) is 6.08. The molecule has 4 nitrogen and oxygen atoms in total. The molecule has 0 fully saturated rings. The first-order valence-corrected chi connectivity index (χ1v) is 13.7. The van der Waals surface area contributed by atoms with Crippen molar-refractivity contribution >= 4 is 18.9 Å². The number of nitrogens with one attached hydrogen (secondary N) is 2. The summed E-state index contributed by atoms with van der Waals surface area (Å²) in [5, 5.41) is 15.9. The summed E-state index contributed by atoms with van der Waals surface area (Å²) >= 11 is 0. The Morgan fingerprint density at radius 1 is 1.00 bits per heavy atom. The minimum absolute atomic E-state index is 0.0973. The molecule has 0 bridgehead atoms. The molecule has 0 saturated heterocycles.